The van der Waals surface area contributed by atoms with Gasteiger partial charge in [0.25, 0.3) is 0 Å². The van der Waals surface area contributed by atoms with Crippen LogP contribution in [0.15, 0.2) is 67.0 Å². The van der Waals surface area contributed by atoms with Crippen LogP contribution in [-0.4, -0.2) is 29.3 Å². The minimum atomic E-state index is 0.627. The molecule has 3 aromatic heterocycles. The first kappa shape index (κ1) is 18.1. The lowest BCUT2D eigenvalue weighted by molar-refractivity contribution is 0.731. The number of aryl methyl sites for hydroxylation is 2. The van der Waals surface area contributed by atoms with Gasteiger partial charge >= 0.3 is 0 Å². The number of fused-ring (bicyclic) bond motifs is 1. The van der Waals surface area contributed by atoms with Crippen LogP contribution < -0.4 is 5.32 Å². The minimum absolute atomic E-state index is 0.627. The van der Waals surface area contributed by atoms with Crippen LogP contribution in [-0.2, 0) is 7.05 Å². The van der Waals surface area contributed by atoms with E-state index >= 15 is 0 Å². The highest BCUT2D eigenvalue weighted by molar-refractivity contribution is 5.88. The van der Waals surface area contributed by atoms with Crippen molar-refractivity contribution in [2.75, 3.05) is 5.32 Å². The first-order chi connectivity index (χ1) is 14.6. The van der Waals surface area contributed by atoms with Crippen LogP contribution in [0.3, 0.4) is 0 Å². The van der Waals surface area contributed by atoms with Crippen LogP contribution in [0.5, 0.6) is 0 Å². The number of nitrogens with zero attached hydrogens (tertiary/aromatic N) is 6. The number of benzene rings is 2. The highest BCUT2D eigenvalue weighted by Crippen LogP contribution is 2.30. The molecule has 7 heteroatoms. The summed E-state index contributed by atoms with van der Waals surface area (Å²) in [4.78, 5) is 14.4. The van der Waals surface area contributed by atoms with Crippen molar-refractivity contribution in [2.24, 2.45) is 7.05 Å². The van der Waals surface area contributed by atoms with Gasteiger partial charge in [0.05, 0.1) is 11.3 Å². The van der Waals surface area contributed by atoms with Gasteiger partial charge in [0, 0.05) is 24.1 Å². The smallest absolute Gasteiger partial charge is 0.170 e. The first-order valence-corrected chi connectivity index (χ1v) is 9.75. The van der Waals surface area contributed by atoms with E-state index < -0.39 is 0 Å². The Morgan fingerprint density at radius 2 is 1.57 bits per heavy atom. The van der Waals surface area contributed by atoms with E-state index in [-0.39, 0.29) is 0 Å². The van der Waals surface area contributed by atoms with Crippen molar-refractivity contribution in [1.29, 1.82) is 0 Å². The molecule has 5 rings (SSSR count). The highest BCUT2D eigenvalue weighted by Gasteiger charge is 2.20. The molecule has 0 amide bonds. The van der Waals surface area contributed by atoms with Crippen LogP contribution >= 0.6 is 0 Å². The standard InChI is InChI=1S/C23H21N7/c1-15-19(16(2)29(3)28-15)21-26-22(25-17-10-6-4-7-11-17)20-23(27-21)30(14-24-20)18-12-8-5-9-13-18/h4-14H,1-3H3,(H,25,26,27). The average molecular weight is 395 g/mol. The summed E-state index contributed by atoms with van der Waals surface area (Å²) in [6, 6.07) is 20.0. The van der Waals surface area contributed by atoms with Gasteiger partial charge in [-0.2, -0.15) is 5.10 Å². The van der Waals surface area contributed by atoms with E-state index in [9.17, 15) is 0 Å². The third-order valence-corrected chi connectivity index (χ3v) is 5.20. The van der Waals surface area contributed by atoms with E-state index in [1.54, 1.807) is 6.33 Å². The summed E-state index contributed by atoms with van der Waals surface area (Å²) in [5.74, 6) is 1.29. The molecule has 0 atom stereocenters. The molecule has 0 aliphatic rings. The molecule has 0 aliphatic heterocycles. The second-order valence-corrected chi connectivity index (χ2v) is 7.18. The van der Waals surface area contributed by atoms with Gasteiger partial charge < -0.3 is 5.32 Å². The fourth-order valence-electron chi connectivity index (χ4n) is 3.63. The van der Waals surface area contributed by atoms with E-state index in [1.807, 2.05) is 90.8 Å². The number of hydrogen-bond donors (Lipinski definition) is 1. The summed E-state index contributed by atoms with van der Waals surface area (Å²) in [6.45, 7) is 4.01. The largest absolute Gasteiger partial charge is 0.338 e. The van der Waals surface area contributed by atoms with Crippen LogP contribution in [0.4, 0.5) is 11.5 Å². The number of aromatic nitrogens is 6. The second-order valence-electron chi connectivity index (χ2n) is 7.18. The molecule has 2 aromatic carbocycles. The minimum Gasteiger partial charge on any atom is -0.338 e. The molecule has 5 aromatic rings. The predicted octanol–water partition coefficient (Wildman–Crippen LogP) is 4.58. The maximum atomic E-state index is 4.92. The molecular formula is C23H21N7. The van der Waals surface area contributed by atoms with Crippen LogP contribution in [0, 0.1) is 13.8 Å². The van der Waals surface area contributed by atoms with Crippen molar-refractivity contribution in [3.8, 4) is 17.1 Å². The monoisotopic (exact) mass is 395 g/mol. The van der Waals surface area contributed by atoms with Gasteiger partial charge in [0.2, 0.25) is 0 Å². The van der Waals surface area contributed by atoms with Gasteiger partial charge in [-0.1, -0.05) is 36.4 Å². The zero-order valence-electron chi connectivity index (χ0n) is 17.0. The summed E-state index contributed by atoms with van der Waals surface area (Å²) < 4.78 is 3.84. The summed E-state index contributed by atoms with van der Waals surface area (Å²) in [6.07, 6.45) is 1.79. The van der Waals surface area contributed by atoms with E-state index in [2.05, 4.69) is 15.4 Å². The van der Waals surface area contributed by atoms with Crippen molar-refractivity contribution in [3.63, 3.8) is 0 Å². The Bertz CT molecular complexity index is 1330. The lowest BCUT2D eigenvalue weighted by atomic mass is 10.2. The Labute approximate surface area is 174 Å². The Hall–Kier alpha value is -4.00. The molecule has 0 unspecified atom stereocenters. The van der Waals surface area contributed by atoms with Crippen molar-refractivity contribution < 1.29 is 0 Å². The average Bonchev–Trinajstić information content (AvgIpc) is 3.30. The van der Waals surface area contributed by atoms with Gasteiger partial charge in [-0.15, -0.1) is 0 Å². The van der Waals surface area contributed by atoms with E-state index in [4.69, 9.17) is 9.97 Å². The summed E-state index contributed by atoms with van der Waals surface area (Å²) in [7, 11) is 1.93. The van der Waals surface area contributed by atoms with Gasteiger partial charge in [-0.05, 0) is 38.1 Å². The van der Waals surface area contributed by atoms with Gasteiger partial charge in [0.1, 0.15) is 6.33 Å². The molecule has 7 nitrogen and oxygen atoms in total. The van der Waals surface area contributed by atoms with Gasteiger partial charge in [-0.25, -0.2) is 15.0 Å². The molecule has 1 N–H and O–H groups in total. The molecule has 0 fully saturated rings. The third kappa shape index (κ3) is 3.00. The first-order valence-electron chi connectivity index (χ1n) is 9.75. The van der Waals surface area contributed by atoms with Crippen molar-refractivity contribution >= 4 is 22.7 Å². The topological polar surface area (TPSA) is 73.5 Å². The molecule has 0 bridgehead atoms. The fraction of sp³-hybridized carbons (Fsp3) is 0.130. The predicted molar refractivity (Wildman–Crippen MR) is 118 cm³/mol. The summed E-state index contributed by atoms with van der Waals surface area (Å²) >= 11 is 0. The van der Waals surface area contributed by atoms with E-state index in [0.29, 0.717) is 17.2 Å². The Balaban J connectivity index is 1.76. The molecule has 0 aliphatic carbocycles. The normalized spacial score (nSPS) is 11.2. The molecule has 30 heavy (non-hydrogen) atoms. The van der Waals surface area contributed by atoms with Crippen molar-refractivity contribution in [2.45, 2.75) is 13.8 Å². The quantitative estimate of drug-likeness (QED) is 0.482. The highest BCUT2D eigenvalue weighted by atomic mass is 15.3. The molecule has 0 radical (unpaired) electrons. The Morgan fingerprint density at radius 3 is 2.23 bits per heavy atom. The number of hydrogen-bond acceptors (Lipinski definition) is 5. The number of nitrogens with one attached hydrogen (secondary N) is 1. The lowest BCUT2D eigenvalue weighted by Crippen LogP contribution is -2.02. The van der Waals surface area contributed by atoms with Gasteiger partial charge in [0.15, 0.2) is 22.8 Å². The maximum Gasteiger partial charge on any atom is 0.170 e. The van der Waals surface area contributed by atoms with Gasteiger partial charge in [-0.3, -0.25) is 9.25 Å². The molecule has 0 spiro atoms. The fourth-order valence-corrected chi connectivity index (χ4v) is 3.63. The molecule has 0 saturated carbocycles. The molecule has 0 saturated heterocycles. The lowest BCUT2D eigenvalue weighted by Gasteiger charge is -2.10. The van der Waals surface area contributed by atoms with Crippen LogP contribution in [0.2, 0.25) is 0 Å². The number of anilines is 2. The van der Waals surface area contributed by atoms with E-state index in [0.717, 1.165) is 34.0 Å². The van der Waals surface area contributed by atoms with Crippen LogP contribution in [0.1, 0.15) is 11.4 Å². The maximum absolute atomic E-state index is 4.92. The Morgan fingerprint density at radius 1 is 0.867 bits per heavy atom. The summed E-state index contributed by atoms with van der Waals surface area (Å²) in [5, 5.41) is 7.96. The summed E-state index contributed by atoms with van der Waals surface area (Å²) in [5.41, 5.74) is 6.25. The SMILES string of the molecule is Cc1nn(C)c(C)c1-c1nc(Nc2ccccc2)c2ncn(-c3ccccc3)c2n1. The van der Waals surface area contributed by atoms with Crippen molar-refractivity contribution in [3.05, 3.63) is 78.4 Å². The Kier molecular flexibility index (Phi) is 4.28. The number of rotatable bonds is 4. The number of imidazole rings is 1. The van der Waals surface area contributed by atoms with E-state index in [1.165, 1.54) is 0 Å². The van der Waals surface area contributed by atoms with Crippen molar-refractivity contribution in [1.82, 2.24) is 29.3 Å². The zero-order valence-corrected chi connectivity index (χ0v) is 17.0. The molecular weight excluding hydrogens is 374 g/mol. The molecule has 148 valence electrons. The molecule has 3 heterocycles. The zero-order chi connectivity index (χ0) is 20.7. The third-order valence-electron chi connectivity index (χ3n) is 5.20. The number of para-hydroxylation sites is 2. The second kappa shape index (κ2) is 7.11. The van der Waals surface area contributed by atoms with Crippen LogP contribution in [0.25, 0.3) is 28.2 Å².